The number of alkyl carbamates (subject to hydrolysis) is 1. The monoisotopic (exact) mass is 670 g/mol. The van der Waals surface area contributed by atoms with Crippen molar-refractivity contribution in [2.75, 3.05) is 13.1 Å². The molecule has 0 bridgehead atoms. The molecule has 266 valence electrons. The predicted molar refractivity (Wildman–Crippen MR) is 179 cm³/mol. The summed E-state index contributed by atoms with van der Waals surface area (Å²) in [5.74, 6) is -3.47. The van der Waals surface area contributed by atoms with E-state index in [-0.39, 0.29) is 36.6 Å². The SMILES string of the molecule is CC(C)(C)OC(=O)CCNC(=O)C(=O)C(Cc1ccccc1)NC(=O)[C@@H]1[C@@H]2[C@H](CN1C(=O)[C@@H](NC(=O)OC(C)(C)C)C(C)(C)C)C2(C)C. The predicted octanol–water partition coefficient (Wildman–Crippen LogP) is 3.55. The number of hydrogen-bond donors (Lipinski definition) is 3. The molecule has 12 nitrogen and oxygen atoms in total. The lowest BCUT2D eigenvalue weighted by Crippen LogP contribution is -2.61. The third kappa shape index (κ3) is 10.0. The molecular weight excluding hydrogens is 616 g/mol. The van der Waals surface area contributed by atoms with E-state index in [1.807, 2.05) is 40.7 Å². The van der Waals surface area contributed by atoms with Gasteiger partial charge in [-0.1, -0.05) is 65.0 Å². The number of esters is 1. The lowest BCUT2D eigenvalue weighted by atomic mass is 9.85. The number of hydrogen-bond acceptors (Lipinski definition) is 8. The average Bonchev–Trinajstić information content (AvgIpc) is 3.24. The van der Waals surface area contributed by atoms with E-state index in [4.69, 9.17) is 9.47 Å². The molecule has 0 radical (unpaired) electrons. The molecule has 1 saturated carbocycles. The summed E-state index contributed by atoms with van der Waals surface area (Å²) >= 11 is 0. The molecule has 48 heavy (non-hydrogen) atoms. The van der Waals surface area contributed by atoms with Gasteiger partial charge in [0, 0.05) is 19.5 Å². The van der Waals surface area contributed by atoms with Crippen molar-refractivity contribution in [3.63, 3.8) is 0 Å². The molecular formula is C36H54N4O8. The van der Waals surface area contributed by atoms with Gasteiger partial charge in [-0.15, -0.1) is 0 Å². The Kier molecular flexibility index (Phi) is 11.4. The van der Waals surface area contributed by atoms with E-state index in [1.165, 1.54) is 4.90 Å². The Labute approximate surface area is 284 Å². The van der Waals surface area contributed by atoms with Crippen LogP contribution in [0.15, 0.2) is 30.3 Å². The minimum atomic E-state index is -1.24. The van der Waals surface area contributed by atoms with Gasteiger partial charge in [-0.25, -0.2) is 4.79 Å². The minimum Gasteiger partial charge on any atom is -0.460 e. The molecule has 5 atom stereocenters. The van der Waals surface area contributed by atoms with Gasteiger partial charge >= 0.3 is 12.1 Å². The molecule has 2 fully saturated rings. The van der Waals surface area contributed by atoms with Crippen LogP contribution in [-0.2, 0) is 39.9 Å². The Morgan fingerprint density at radius 1 is 0.875 bits per heavy atom. The number of carbonyl (C=O) groups excluding carboxylic acids is 6. The summed E-state index contributed by atoms with van der Waals surface area (Å²) in [6.45, 7) is 20.1. The van der Waals surface area contributed by atoms with E-state index in [1.54, 1.807) is 65.8 Å². The molecule has 1 heterocycles. The van der Waals surface area contributed by atoms with Gasteiger partial charge in [0.25, 0.3) is 5.91 Å². The van der Waals surface area contributed by atoms with Crippen LogP contribution in [-0.4, -0.2) is 82.9 Å². The zero-order valence-corrected chi connectivity index (χ0v) is 30.3. The van der Waals surface area contributed by atoms with Crippen LogP contribution in [0, 0.1) is 22.7 Å². The third-order valence-electron chi connectivity index (χ3n) is 8.71. The molecule has 1 aromatic rings. The Morgan fingerprint density at radius 2 is 1.46 bits per heavy atom. The van der Waals surface area contributed by atoms with Gasteiger partial charge in [-0.05, 0) is 69.8 Å². The van der Waals surface area contributed by atoms with Gasteiger partial charge in [-0.3, -0.25) is 24.0 Å². The fourth-order valence-electron chi connectivity index (χ4n) is 6.29. The summed E-state index contributed by atoms with van der Waals surface area (Å²) in [5.41, 5.74) is -1.70. The van der Waals surface area contributed by atoms with Crippen LogP contribution >= 0.6 is 0 Å². The molecule has 1 unspecified atom stereocenters. The summed E-state index contributed by atoms with van der Waals surface area (Å²) in [6, 6.07) is 5.80. The number of amides is 4. The third-order valence-corrected chi connectivity index (χ3v) is 8.71. The Bertz CT molecular complexity index is 1390. The van der Waals surface area contributed by atoms with E-state index in [9.17, 15) is 28.8 Å². The maximum Gasteiger partial charge on any atom is 0.408 e. The lowest BCUT2D eigenvalue weighted by molar-refractivity contribution is -0.154. The van der Waals surface area contributed by atoms with Gasteiger partial charge in [0.05, 0.1) is 6.42 Å². The Hall–Kier alpha value is -3.96. The lowest BCUT2D eigenvalue weighted by Gasteiger charge is -2.38. The number of fused-ring (bicyclic) bond motifs is 1. The highest BCUT2D eigenvalue weighted by molar-refractivity contribution is 6.38. The van der Waals surface area contributed by atoms with Crippen LogP contribution in [0.3, 0.4) is 0 Å². The van der Waals surface area contributed by atoms with Crippen molar-refractivity contribution in [2.24, 2.45) is 22.7 Å². The Morgan fingerprint density at radius 3 is 2.00 bits per heavy atom. The molecule has 3 rings (SSSR count). The van der Waals surface area contributed by atoms with E-state index in [0.29, 0.717) is 6.54 Å². The zero-order valence-electron chi connectivity index (χ0n) is 30.3. The minimum absolute atomic E-state index is 0.0356. The second kappa shape index (κ2) is 14.3. The number of carbonyl (C=O) groups is 6. The van der Waals surface area contributed by atoms with Crippen molar-refractivity contribution in [1.82, 2.24) is 20.9 Å². The second-order valence-corrected chi connectivity index (χ2v) is 16.5. The molecule has 0 aromatic heterocycles. The summed E-state index contributed by atoms with van der Waals surface area (Å²) in [7, 11) is 0. The standard InChI is InChI=1S/C36H54N4O8/c1-33(2,3)28(39-32(46)48-35(7,8)9)31(45)40-20-22-25(36(22,10)11)26(40)29(43)38-23(19-21-15-13-12-14-16-21)27(42)30(44)37-18-17-24(41)47-34(4,5)6/h12-16,22-23,25-26,28H,17-20H2,1-11H3,(H,37,44)(H,38,43)(H,39,46)/t22-,23?,25-,26-,28+/m0/s1. The summed E-state index contributed by atoms with van der Waals surface area (Å²) in [6.07, 6.45) is -0.837. The summed E-state index contributed by atoms with van der Waals surface area (Å²) < 4.78 is 10.7. The highest BCUT2D eigenvalue weighted by Crippen LogP contribution is 2.65. The number of nitrogens with zero attached hydrogens (tertiary/aromatic N) is 1. The van der Waals surface area contributed by atoms with Crippen LogP contribution in [0.1, 0.15) is 88.1 Å². The van der Waals surface area contributed by atoms with Crippen molar-refractivity contribution in [3.05, 3.63) is 35.9 Å². The number of piperidine rings is 1. The fraction of sp³-hybridized carbons (Fsp3) is 0.667. The molecule has 1 saturated heterocycles. The number of benzene rings is 1. The van der Waals surface area contributed by atoms with Crippen molar-refractivity contribution < 1.29 is 38.2 Å². The number of nitrogens with one attached hydrogen (secondary N) is 3. The zero-order chi connectivity index (χ0) is 36.4. The summed E-state index contributed by atoms with van der Waals surface area (Å²) in [5, 5.41) is 8.00. The number of Topliss-reactive ketones (excluding diaryl/α,β-unsaturated/α-hetero) is 1. The summed E-state index contributed by atoms with van der Waals surface area (Å²) in [4.78, 5) is 81.3. The molecule has 0 spiro atoms. The fourth-order valence-corrected chi connectivity index (χ4v) is 6.29. The van der Waals surface area contributed by atoms with E-state index in [2.05, 4.69) is 16.0 Å². The largest absolute Gasteiger partial charge is 0.460 e. The first-order chi connectivity index (χ1) is 21.9. The number of ether oxygens (including phenoxy) is 2. The highest BCUT2D eigenvalue weighted by Gasteiger charge is 2.70. The van der Waals surface area contributed by atoms with Crippen molar-refractivity contribution in [1.29, 1.82) is 0 Å². The van der Waals surface area contributed by atoms with Crippen molar-refractivity contribution >= 4 is 35.6 Å². The quantitative estimate of drug-likeness (QED) is 0.238. The molecule has 12 heteroatoms. The molecule has 4 amide bonds. The average molecular weight is 671 g/mol. The molecule has 2 aliphatic rings. The first kappa shape index (κ1) is 38.5. The maximum absolute atomic E-state index is 14.2. The van der Waals surface area contributed by atoms with Crippen molar-refractivity contribution in [3.8, 4) is 0 Å². The van der Waals surface area contributed by atoms with Crippen molar-refractivity contribution in [2.45, 2.75) is 118 Å². The van der Waals surface area contributed by atoms with E-state index in [0.717, 1.165) is 5.56 Å². The molecule has 1 aliphatic heterocycles. The van der Waals surface area contributed by atoms with Crippen LogP contribution in [0.5, 0.6) is 0 Å². The van der Waals surface area contributed by atoms with Crippen LogP contribution in [0.4, 0.5) is 4.79 Å². The molecule has 1 aliphatic carbocycles. The topological polar surface area (TPSA) is 160 Å². The van der Waals surface area contributed by atoms with E-state index < -0.39 is 70.3 Å². The highest BCUT2D eigenvalue weighted by atomic mass is 16.6. The maximum atomic E-state index is 14.2. The van der Waals surface area contributed by atoms with Gasteiger partial charge < -0.3 is 30.3 Å². The Balaban J connectivity index is 1.83. The number of ketones is 1. The van der Waals surface area contributed by atoms with Gasteiger partial charge in [0.2, 0.25) is 17.6 Å². The van der Waals surface area contributed by atoms with E-state index >= 15 is 0 Å². The molecule has 3 N–H and O–H groups in total. The van der Waals surface area contributed by atoms with Gasteiger partial charge in [-0.2, -0.15) is 0 Å². The number of rotatable bonds is 11. The first-order valence-corrected chi connectivity index (χ1v) is 16.6. The molecule has 1 aromatic carbocycles. The van der Waals surface area contributed by atoms with Gasteiger partial charge in [0.1, 0.15) is 29.3 Å². The van der Waals surface area contributed by atoms with Crippen LogP contribution in [0.2, 0.25) is 0 Å². The second-order valence-electron chi connectivity index (χ2n) is 16.5. The smallest absolute Gasteiger partial charge is 0.408 e. The normalized spacial score (nSPS) is 21.2. The van der Waals surface area contributed by atoms with Crippen LogP contribution in [0.25, 0.3) is 0 Å². The first-order valence-electron chi connectivity index (χ1n) is 16.6. The van der Waals surface area contributed by atoms with Crippen LogP contribution < -0.4 is 16.0 Å². The van der Waals surface area contributed by atoms with Gasteiger partial charge in [0.15, 0.2) is 0 Å². The number of likely N-dealkylation sites (tertiary alicyclic amines) is 1.